The summed E-state index contributed by atoms with van der Waals surface area (Å²) in [6.45, 7) is 1.58. The molecule has 0 bridgehead atoms. The number of benzene rings is 1. The van der Waals surface area contributed by atoms with Gasteiger partial charge in [-0.2, -0.15) is 9.40 Å². The Morgan fingerprint density at radius 1 is 1.30 bits per heavy atom. The molecule has 0 aliphatic carbocycles. The quantitative estimate of drug-likeness (QED) is 0.650. The van der Waals surface area contributed by atoms with Crippen LogP contribution < -0.4 is 5.32 Å². The van der Waals surface area contributed by atoms with Crippen molar-refractivity contribution in [1.29, 1.82) is 0 Å². The maximum absolute atomic E-state index is 12.7. The largest absolute Gasteiger partial charge is 0.352 e. The first-order valence-electron chi connectivity index (χ1n) is 8.93. The number of aromatic nitrogens is 2. The summed E-state index contributed by atoms with van der Waals surface area (Å²) in [6.07, 6.45) is 7.11. The zero-order chi connectivity index (χ0) is 19.4. The highest BCUT2D eigenvalue weighted by molar-refractivity contribution is 9.10. The van der Waals surface area contributed by atoms with E-state index in [1.165, 1.54) is 16.4 Å². The van der Waals surface area contributed by atoms with Crippen molar-refractivity contribution in [2.75, 3.05) is 19.6 Å². The molecule has 0 saturated carbocycles. The molecule has 3 rings (SSSR count). The summed E-state index contributed by atoms with van der Waals surface area (Å²) < 4.78 is 29.2. The minimum atomic E-state index is -3.55. The minimum Gasteiger partial charge on any atom is -0.352 e. The van der Waals surface area contributed by atoms with E-state index in [-0.39, 0.29) is 10.8 Å². The van der Waals surface area contributed by atoms with Crippen LogP contribution in [0.4, 0.5) is 0 Å². The predicted molar refractivity (Wildman–Crippen MR) is 106 cm³/mol. The van der Waals surface area contributed by atoms with E-state index in [2.05, 4.69) is 26.3 Å². The van der Waals surface area contributed by atoms with Crippen molar-refractivity contribution >= 4 is 31.9 Å². The topological polar surface area (TPSA) is 84.3 Å². The highest BCUT2D eigenvalue weighted by atomic mass is 79.9. The number of carbonyl (C=O) groups excluding carboxylic acids is 1. The number of nitrogens with zero attached hydrogens (tertiary/aromatic N) is 3. The fourth-order valence-electron chi connectivity index (χ4n) is 3.11. The van der Waals surface area contributed by atoms with Gasteiger partial charge in [-0.3, -0.25) is 9.48 Å². The molecule has 2 heterocycles. The Balaban J connectivity index is 1.63. The average Bonchev–Trinajstić information content (AvgIpc) is 3.31. The van der Waals surface area contributed by atoms with Crippen LogP contribution in [-0.2, 0) is 23.5 Å². The first-order valence-corrected chi connectivity index (χ1v) is 11.2. The molecule has 1 fully saturated rings. The molecule has 1 aliphatic heterocycles. The van der Waals surface area contributed by atoms with Crippen molar-refractivity contribution in [3.05, 3.63) is 46.2 Å². The summed E-state index contributed by atoms with van der Waals surface area (Å²) in [5.41, 5.74) is 1.45. The van der Waals surface area contributed by atoms with Gasteiger partial charge in [-0.15, -0.1) is 0 Å². The molecule has 7 nitrogen and oxygen atoms in total. The van der Waals surface area contributed by atoms with E-state index in [0.717, 1.165) is 31.2 Å². The molecule has 2 aromatic rings. The predicted octanol–water partition coefficient (Wildman–Crippen LogP) is 2.33. The summed E-state index contributed by atoms with van der Waals surface area (Å²) >= 11 is 3.35. The molecule has 0 spiro atoms. The van der Waals surface area contributed by atoms with Crippen LogP contribution in [0, 0.1) is 0 Å². The van der Waals surface area contributed by atoms with E-state index < -0.39 is 10.0 Å². The third-order valence-electron chi connectivity index (χ3n) is 4.57. The van der Waals surface area contributed by atoms with Gasteiger partial charge in [0, 0.05) is 37.4 Å². The monoisotopic (exact) mass is 454 g/mol. The van der Waals surface area contributed by atoms with E-state index >= 15 is 0 Å². The highest BCUT2D eigenvalue weighted by Gasteiger charge is 2.28. The Bertz CT molecular complexity index is 920. The SMILES string of the molecule is Cn1cc(CCCNC(=O)c2cc(S(=O)(=O)N3CCCC3)ccc2Br)cn1. The van der Waals surface area contributed by atoms with Crippen LogP contribution in [-0.4, -0.2) is 48.0 Å². The number of halogens is 1. The van der Waals surface area contributed by atoms with Gasteiger partial charge in [-0.25, -0.2) is 8.42 Å². The summed E-state index contributed by atoms with van der Waals surface area (Å²) in [5.74, 6) is -0.286. The van der Waals surface area contributed by atoms with Gasteiger partial charge in [0.2, 0.25) is 10.0 Å². The van der Waals surface area contributed by atoms with Crippen LogP contribution in [0.3, 0.4) is 0 Å². The molecule has 0 radical (unpaired) electrons. The van der Waals surface area contributed by atoms with Crippen LogP contribution in [0.5, 0.6) is 0 Å². The van der Waals surface area contributed by atoms with Gasteiger partial charge in [0.1, 0.15) is 0 Å². The highest BCUT2D eigenvalue weighted by Crippen LogP contribution is 2.25. The smallest absolute Gasteiger partial charge is 0.252 e. The van der Waals surface area contributed by atoms with Crippen LogP contribution in [0.2, 0.25) is 0 Å². The fourth-order valence-corrected chi connectivity index (χ4v) is 5.08. The Morgan fingerprint density at radius 3 is 2.70 bits per heavy atom. The van der Waals surface area contributed by atoms with Gasteiger partial charge in [0.25, 0.3) is 5.91 Å². The van der Waals surface area contributed by atoms with Crippen molar-refractivity contribution in [2.24, 2.45) is 7.05 Å². The van der Waals surface area contributed by atoms with Gasteiger partial charge in [-0.1, -0.05) is 0 Å². The number of carbonyl (C=O) groups is 1. The number of hydrogen-bond acceptors (Lipinski definition) is 4. The zero-order valence-corrected chi connectivity index (χ0v) is 17.6. The van der Waals surface area contributed by atoms with Crippen LogP contribution >= 0.6 is 15.9 Å². The number of rotatable bonds is 7. The van der Waals surface area contributed by atoms with Crippen molar-refractivity contribution in [2.45, 2.75) is 30.6 Å². The van der Waals surface area contributed by atoms with Gasteiger partial charge >= 0.3 is 0 Å². The second-order valence-corrected chi connectivity index (χ2v) is 9.43. The molecular weight excluding hydrogens is 432 g/mol. The third-order valence-corrected chi connectivity index (χ3v) is 7.16. The van der Waals surface area contributed by atoms with Crippen LogP contribution in [0.25, 0.3) is 0 Å². The normalized spacial score (nSPS) is 15.2. The molecule has 27 heavy (non-hydrogen) atoms. The molecule has 1 aromatic carbocycles. The molecule has 146 valence electrons. The number of hydrogen-bond donors (Lipinski definition) is 1. The van der Waals surface area contributed by atoms with Crippen LogP contribution in [0.15, 0.2) is 40.0 Å². The van der Waals surface area contributed by atoms with Crippen molar-refractivity contribution < 1.29 is 13.2 Å². The summed E-state index contributed by atoms with van der Waals surface area (Å²) in [4.78, 5) is 12.7. The molecule has 1 aromatic heterocycles. The molecule has 0 atom stereocenters. The number of nitrogens with one attached hydrogen (secondary N) is 1. The lowest BCUT2D eigenvalue weighted by atomic mass is 10.2. The maximum Gasteiger partial charge on any atom is 0.252 e. The zero-order valence-electron chi connectivity index (χ0n) is 15.2. The second kappa shape index (κ2) is 8.53. The second-order valence-electron chi connectivity index (χ2n) is 6.63. The molecule has 1 saturated heterocycles. The number of amides is 1. The van der Waals surface area contributed by atoms with E-state index in [9.17, 15) is 13.2 Å². The summed E-state index contributed by atoms with van der Waals surface area (Å²) in [6, 6.07) is 4.61. The van der Waals surface area contributed by atoms with E-state index in [0.29, 0.717) is 29.7 Å². The lowest BCUT2D eigenvalue weighted by molar-refractivity contribution is 0.0952. The molecular formula is C18H23BrN4O3S. The van der Waals surface area contributed by atoms with Crippen molar-refractivity contribution in [3.8, 4) is 0 Å². The van der Waals surface area contributed by atoms with Gasteiger partial charge < -0.3 is 5.32 Å². The summed E-state index contributed by atoms with van der Waals surface area (Å²) in [5, 5.41) is 6.98. The van der Waals surface area contributed by atoms with Crippen molar-refractivity contribution in [1.82, 2.24) is 19.4 Å². The van der Waals surface area contributed by atoms with Crippen LogP contribution in [0.1, 0.15) is 35.2 Å². The number of sulfonamides is 1. The minimum absolute atomic E-state index is 0.160. The van der Waals surface area contributed by atoms with E-state index in [1.807, 2.05) is 19.4 Å². The molecule has 1 N–H and O–H groups in total. The first-order chi connectivity index (χ1) is 12.9. The van der Waals surface area contributed by atoms with E-state index in [1.54, 1.807) is 10.7 Å². The molecule has 0 unspecified atom stereocenters. The Hall–Kier alpha value is -1.71. The molecule has 1 amide bonds. The van der Waals surface area contributed by atoms with Gasteiger partial charge in [-0.05, 0) is 65.4 Å². The first kappa shape index (κ1) is 20.0. The lowest BCUT2D eigenvalue weighted by Crippen LogP contribution is -2.29. The van der Waals surface area contributed by atoms with E-state index in [4.69, 9.17) is 0 Å². The molecule has 1 aliphatic rings. The maximum atomic E-state index is 12.7. The third kappa shape index (κ3) is 4.77. The lowest BCUT2D eigenvalue weighted by Gasteiger charge is -2.16. The van der Waals surface area contributed by atoms with Gasteiger partial charge in [0.05, 0.1) is 16.7 Å². The standard InChI is InChI=1S/C18H23BrN4O3S/c1-22-13-14(12-21-22)5-4-8-20-18(24)16-11-15(6-7-17(16)19)27(25,26)23-9-2-3-10-23/h6-7,11-13H,2-5,8-10H2,1H3,(H,20,24). The number of aryl methyl sites for hydroxylation is 2. The molecule has 9 heteroatoms. The Kier molecular flexibility index (Phi) is 6.33. The van der Waals surface area contributed by atoms with Crippen molar-refractivity contribution in [3.63, 3.8) is 0 Å². The Labute approximate surface area is 167 Å². The summed E-state index contributed by atoms with van der Waals surface area (Å²) in [7, 11) is -1.68. The van der Waals surface area contributed by atoms with Gasteiger partial charge in [0.15, 0.2) is 0 Å². The average molecular weight is 455 g/mol. The Morgan fingerprint density at radius 2 is 2.04 bits per heavy atom. The fraction of sp³-hybridized carbons (Fsp3) is 0.444.